The molecule has 1 aromatic heterocycles. The first kappa shape index (κ1) is 15.6. The Morgan fingerprint density at radius 2 is 1.88 bits per heavy atom. The number of fused-ring (bicyclic) bond motifs is 2. The van der Waals surface area contributed by atoms with E-state index in [9.17, 15) is 4.79 Å². The molecule has 0 radical (unpaired) electrons. The summed E-state index contributed by atoms with van der Waals surface area (Å²) in [5.74, 6) is -0.00827. The quantitative estimate of drug-likeness (QED) is 0.576. The highest BCUT2D eigenvalue weighted by molar-refractivity contribution is 6.32. The number of rotatable bonds is 1. The molecule has 4 heteroatoms. The van der Waals surface area contributed by atoms with Gasteiger partial charge in [-0.1, -0.05) is 55.8 Å². The summed E-state index contributed by atoms with van der Waals surface area (Å²) in [6.07, 6.45) is 3.02. The molecule has 0 saturated carbocycles. The van der Waals surface area contributed by atoms with Crippen LogP contribution in [0.1, 0.15) is 35.5 Å². The predicted octanol–water partition coefficient (Wildman–Crippen LogP) is 5.47. The number of para-hydroxylation sites is 1. The summed E-state index contributed by atoms with van der Waals surface area (Å²) in [6.45, 7) is 4.36. The van der Waals surface area contributed by atoms with Crippen molar-refractivity contribution in [2.24, 2.45) is 5.41 Å². The van der Waals surface area contributed by atoms with E-state index in [0.717, 1.165) is 45.5 Å². The number of carbonyl (C=O) groups excluding carboxylic acids is 1. The van der Waals surface area contributed by atoms with Gasteiger partial charge in [0, 0.05) is 16.0 Å². The SMILES string of the molecule is CC1(C)C=C2c3c(nc4ccccc4c3C(=O)N2c2cccc(Cl)c2)C1. The molecule has 0 bridgehead atoms. The zero-order chi connectivity index (χ0) is 18.1. The van der Waals surface area contributed by atoms with Gasteiger partial charge in [-0.05, 0) is 36.1 Å². The van der Waals surface area contributed by atoms with E-state index >= 15 is 0 Å². The molecule has 1 aliphatic carbocycles. The minimum absolute atomic E-state index is 0.00827. The largest absolute Gasteiger partial charge is 0.277 e. The molecule has 1 aliphatic heterocycles. The third-order valence-corrected chi connectivity index (χ3v) is 5.33. The Balaban J connectivity index is 1.86. The van der Waals surface area contributed by atoms with Crippen LogP contribution in [0.2, 0.25) is 5.02 Å². The molecule has 2 aliphatic rings. The number of carbonyl (C=O) groups is 1. The van der Waals surface area contributed by atoms with Gasteiger partial charge in [0.1, 0.15) is 0 Å². The summed E-state index contributed by atoms with van der Waals surface area (Å²) < 4.78 is 0. The van der Waals surface area contributed by atoms with Crippen molar-refractivity contribution in [3.05, 3.63) is 76.5 Å². The lowest BCUT2D eigenvalue weighted by atomic mass is 9.79. The Labute approximate surface area is 156 Å². The van der Waals surface area contributed by atoms with E-state index in [1.54, 1.807) is 4.90 Å². The lowest BCUT2D eigenvalue weighted by Crippen LogP contribution is -2.26. The number of aromatic nitrogens is 1. The van der Waals surface area contributed by atoms with Crippen LogP contribution in [-0.2, 0) is 6.42 Å². The van der Waals surface area contributed by atoms with E-state index in [0.29, 0.717) is 5.02 Å². The molecule has 0 saturated heterocycles. The second-order valence-corrected chi connectivity index (χ2v) is 8.08. The Bertz CT molecular complexity index is 1130. The zero-order valence-electron chi connectivity index (χ0n) is 14.6. The number of hydrogen-bond donors (Lipinski definition) is 0. The fourth-order valence-electron chi connectivity index (χ4n) is 4.08. The zero-order valence-corrected chi connectivity index (χ0v) is 15.3. The Morgan fingerprint density at radius 3 is 2.69 bits per heavy atom. The maximum absolute atomic E-state index is 13.5. The van der Waals surface area contributed by atoms with Crippen LogP contribution >= 0.6 is 11.6 Å². The van der Waals surface area contributed by atoms with E-state index in [1.807, 2.05) is 48.5 Å². The molecule has 0 unspecified atom stereocenters. The van der Waals surface area contributed by atoms with Gasteiger partial charge in [-0.25, -0.2) is 0 Å². The van der Waals surface area contributed by atoms with E-state index < -0.39 is 0 Å². The van der Waals surface area contributed by atoms with Crippen LogP contribution < -0.4 is 4.90 Å². The molecule has 2 aromatic carbocycles. The number of pyridine rings is 1. The second-order valence-electron chi connectivity index (χ2n) is 7.64. The molecule has 0 fully saturated rings. The number of nitrogens with zero attached hydrogens (tertiary/aromatic N) is 2. The average Bonchev–Trinajstić information content (AvgIpc) is 2.87. The third kappa shape index (κ3) is 2.14. The maximum atomic E-state index is 13.5. The normalized spacial score (nSPS) is 17.4. The molecular weight excluding hydrogens is 344 g/mol. The number of anilines is 1. The molecule has 5 rings (SSSR count). The Kier molecular flexibility index (Phi) is 3.11. The van der Waals surface area contributed by atoms with Crippen molar-refractivity contribution >= 4 is 39.8 Å². The van der Waals surface area contributed by atoms with Gasteiger partial charge < -0.3 is 0 Å². The summed E-state index contributed by atoms with van der Waals surface area (Å²) >= 11 is 6.20. The van der Waals surface area contributed by atoms with Crippen LogP contribution in [0.4, 0.5) is 5.69 Å². The highest BCUT2D eigenvalue weighted by Gasteiger charge is 2.42. The summed E-state index contributed by atoms with van der Waals surface area (Å²) in [4.78, 5) is 20.2. The van der Waals surface area contributed by atoms with Crippen molar-refractivity contribution in [3.63, 3.8) is 0 Å². The first-order valence-corrected chi connectivity index (χ1v) is 9.07. The number of hydrogen-bond acceptors (Lipinski definition) is 2. The summed E-state index contributed by atoms with van der Waals surface area (Å²) in [5, 5.41) is 1.52. The van der Waals surface area contributed by atoms with Crippen LogP contribution in [0, 0.1) is 5.41 Å². The minimum atomic E-state index is -0.0729. The monoisotopic (exact) mass is 360 g/mol. The van der Waals surface area contributed by atoms with Crippen molar-refractivity contribution < 1.29 is 4.79 Å². The average molecular weight is 361 g/mol. The van der Waals surface area contributed by atoms with E-state index in [-0.39, 0.29) is 11.3 Å². The number of amides is 1. The smallest absolute Gasteiger partial charge is 0.264 e. The molecule has 26 heavy (non-hydrogen) atoms. The highest BCUT2D eigenvalue weighted by atomic mass is 35.5. The summed E-state index contributed by atoms with van der Waals surface area (Å²) in [6, 6.07) is 15.3. The Hall–Kier alpha value is -2.65. The predicted molar refractivity (Wildman–Crippen MR) is 105 cm³/mol. The number of benzene rings is 2. The van der Waals surface area contributed by atoms with Gasteiger partial charge in [0.15, 0.2) is 0 Å². The topological polar surface area (TPSA) is 33.2 Å². The first-order valence-electron chi connectivity index (χ1n) is 8.69. The first-order chi connectivity index (χ1) is 12.4. The van der Waals surface area contributed by atoms with Crippen LogP contribution in [0.3, 0.4) is 0 Å². The van der Waals surface area contributed by atoms with Gasteiger partial charge in [0.05, 0.1) is 28.2 Å². The van der Waals surface area contributed by atoms with Crippen LogP contribution in [-0.4, -0.2) is 10.9 Å². The molecule has 128 valence electrons. The highest BCUT2D eigenvalue weighted by Crippen LogP contribution is 2.47. The van der Waals surface area contributed by atoms with E-state index in [2.05, 4.69) is 19.9 Å². The van der Waals surface area contributed by atoms with Crippen molar-refractivity contribution in [1.29, 1.82) is 0 Å². The minimum Gasteiger partial charge on any atom is -0.277 e. The molecular formula is C22H17ClN2O. The Morgan fingerprint density at radius 1 is 1.08 bits per heavy atom. The molecule has 1 amide bonds. The molecule has 0 N–H and O–H groups in total. The maximum Gasteiger partial charge on any atom is 0.264 e. The van der Waals surface area contributed by atoms with Gasteiger partial charge in [0.2, 0.25) is 0 Å². The van der Waals surface area contributed by atoms with Gasteiger partial charge in [-0.2, -0.15) is 0 Å². The summed E-state index contributed by atoms with van der Waals surface area (Å²) in [5.41, 5.74) is 5.25. The van der Waals surface area contributed by atoms with Gasteiger partial charge in [-0.15, -0.1) is 0 Å². The molecule has 0 atom stereocenters. The number of allylic oxidation sites excluding steroid dienone is 1. The lowest BCUT2D eigenvalue weighted by Gasteiger charge is -2.30. The van der Waals surface area contributed by atoms with Crippen molar-refractivity contribution in [2.75, 3.05) is 4.90 Å². The van der Waals surface area contributed by atoms with Gasteiger partial charge >= 0.3 is 0 Å². The standard InChI is InChI=1S/C22H17ClN2O/c1-22(2)11-17-20-18(12-22)25(14-7-5-6-13(23)10-14)21(26)19(20)15-8-3-4-9-16(15)24-17/h3-10,12H,11H2,1-2H3. The van der Waals surface area contributed by atoms with Crippen molar-refractivity contribution in [1.82, 2.24) is 4.98 Å². The third-order valence-electron chi connectivity index (χ3n) is 5.10. The summed E-state index contributed by atoms with van der Waals surface area (Å²) in [7, 11) is 0. The fourth-order valence-corrected chi connectivity index (χ4v) is 4.27. The lowest BCUT2D eigenvalue weighted by molar-refractivity contribution is 0.101. The van der Waals surface area contributed by atoms with Crippen molar-refractivity contribution in [3.8, 4) is 0 Å². The fraction of sp³-hybridized carbons (Fsp3) is 0.182. The number of halogens is 1. The van der Waals surface area contributed by atoms with Crippen LogP contribution in [0.5, 0.6) is 0 Å². The van der Waals surface area contributed by atoms with E-state index in [4.69, 9.17) is 16.6 Å². The molecule has 0 spiro atoms. The van der Waals surface area contributed by atoms with Gasteiger partial charge in [0.25, 0.3) is 5.91 Å². The molecule has 3 aromatic rings. The van der Waals surface area contributed by atoms with Crippen molar-refractivity contribution in [2.45, 2.75) is 20.3 Å². The second kappa shape index (κ2) is 5.18. The van der Waals surface area contributed by atoms with Crippen LogP contribution in [0.25, 0.3) is 16.6 Å². The van der Waals surface area contributed by atoms with Crippen LogP contribution in [0.15, 0.2) is 54.6 Å². The van der Waals surface area contributed by atoms with Gasteiger partial charge in [-0.3, -0.25) is 14.7 Å². The molecule has 2 heterocycles. The van der Waals surface area contributed by atoms with E-state index in [1.165, 1.54) is 0 Å². The molecule has 3 nitrogen and oxygen atoms in total.